The van der Waals surface area contributed by atoms with Gasteiger partial charge in [-0.3, -0.25) is 24.1 Å². The summed E-state index contributed by atoms with van der Waals surface area (Å²) in [6.45, 7) is 0.934. The van der Waals surface area contributed by atoms with Crippen molar-refractivity contribution in [1.29, 1.82) is 0 Å². The number of carbonyl (C=O) groups excluding carboxylic acids is 3. The Morgan fingerprint density at radius 3 is 2.62 bits per heavy atom. The number of nitrogens with zero attached hydrogens (tertiary/aromatic N) is 1. The maximum atomic E-state index is 12.6. The van der Waals surface area contributed by atoms with E-state index in [4.69, 9.17) is 4.74 Å². The molecule has 0 bridgehead atoms. The average molecular weight is 440 g/mol. The van der Waals surface area contributed by atoms with Crippen LogP contribution in [0.15, 0.2) is 28.8 Å². The highest BCUT2D eigenvalue weighted by atomic mass is 32.2. The summed E-state index contributed by atoms with van der Waals surface area (Å²) in [5.41, 5.74) is -0.00684. The molecular formula is C17H16N2O8S2. The second-order valence-electron chi connectivity index (χ2n) is 6.22. The molecule has 0 radical (unpaired) electrons. The van der Waals surface area contributed by atoms with Gasteiger partial charge in [0.2, 0.25) is 5.91 Å². The third-order valence-electron chi connectivity index (χ3n) is 4.33. The molecule has 1 aromatic heterocycles. The molecule has 3 heterocycles. The summed E-state index contributed by atoms with van der Waals surface area (Å²) in [7, 11) is 0. The Kier molecular flexibility index (Phi) is 5.94. The standard InChI is InChI=1S/C17H16N2O8S2/c1-7(20)27-5-8-6-29-15-11(14(22)19(15)12(8)17(25)26)18-13(21)10(16(23)24)9-3-2-4-28-9/h2-4,10-11,15H,5-6H2,1H3,(H,18,21)(H,23,24)(H,25,26)/t10?,11-,15-/m1/s1. The van der Waals surface area contributed by atoms with Crippen LogP contribution in [-0.4, -0.2) is 68.6 Å². The molecular weight excluding hydrogens is 424 g/mol. The lowest BCUT2D eigenvalue weighted by molar-refractivity contribution is -0.152. The maximum absolute atomic E-state index is 12.6. The Labute approximate surface area is 172 Å². The highest BCUT2D eigenvalue weighted by Gasteiger charge is 2.54. The van der Waals surface area contributed by atoms with Crippen molar-refractivity contribution >= 4 is 52.8 Å². The van der Waals surface area contributed by atoms with Gasteiger partial charge in [-0.05, 0) is 11.4 Å². The number of nitrogens with one attached hydrogen (secondary N) is 1. The molecule has 2 amide bonds. The number of carboxylic acids is 2. The SMILES string of the molecule is CC(=O)OCC1=C(C(=O)O)N2C(=O)[C@@H](NC(=O)C(C(=O)O)c3cccs3)[C@H]2SC1. The van der Waals surface area contributed by atoms with Gasteiger partial charge in [-0.1, -0.05) is 6.07 Å². The fourth-order valence-electron chi connectivity index (χ4n) is 3.04. The van der Waals surface area contributed by atoms with E-state index in [9.17, 15) is 34.2 Å². The van der Waals surface area contributed by atoms with Crippen LogP contribution in [0.3, 0.4) is 0 Å². The van der Waals surface area contributed by atoms with Gasteiger partial charge in [0.1, 0.15) is 23.7 Å². The number of thiophene rings is 1. The van der Waals surface area contributed by atoms with Crippen LogP contribution in [0.4, 0.5) is 0 Å². The topological polar surface area (TPSA) is 150 Å². The molecule has 1 aromatic rings. The number of thioether (sulfide) groups is 1. The molecule has 1 fully saturated rings. The lowest BCUT2D eigenvalue weighted by Crippen LogP contribution is -2.71. The summed E-state index contributed by atoms with van der Waals surface area (Å²) in [6, 6.07) is 2.09. The number of fused-ring (bicyclic) bond motifs is 1. The Morgan fingerprint density at radius 1 is 1.34 bits per heavy atom. The van der Waals surface area contributed by atoms with E-state index in [0.29, 0.717) is 4.88 Å². The predicted molar refractivity (Wildman–Crippen MR) is 101 cm³/mol. The first kappa shape index (κ1) is 20.9. The number of rotatable bonds is 7. The molecule has 12 heteroatoms. The second kappa shape index (κ2) is 8.25. The number of hydrogen-bond donors (Lipinski definition) is 3. The first-order valence-electron chi connectivity index (χ1n) is 8.32. The Bertz CT molecular complexity index is 911. The van der Waals surface area contributed by atoms with Gasteiger partial charge in [-0.25, -0.2) is 4.79 Å². The van der Waals surface area contributed by atoms with Crippen LogP contribution in [0, 0.1) is 0 Å². The van der Waals surface area contributed by atoms with E-state index in [1.165, 1.54) is 24.8 Å². The molecule has 29 heavy (non-hydrogen) atoms. The van der Waals surface area contributed by atoms with E-state index in [2.05, 4.69) is 5.32 Å². The molecule has 1 saturated heterocycles. The third kappa shape index (κ3) is 3.98. The summed E-state index contributed by atoms with van der Waals surface area (Å²) in [5, 5.41) is 22.3. The highest BCUT2D eigenvalue weighted by Crippen LogP contribution is 2.40. The molecule has 0 saturated carbocycles. The molecule has 1 unspecified atom stereocenters. The Morgan fingerprint density at radius 2 is 2.07 bits per heavy atom. The monoisotopic (exact) mass is 440 g/mol. The minimum atomic E-state index is -1.46. The fraction of sp³-hybridized carbons (Fsp3) is 0.353. The van der Waals surface area contributed by atoms with Gasteiger partial charge in [0.05, 0.1) is 0 Å². The molecule has 0 aliphatic carbocycles. The van der Waals surface area contributed by atoms with E-state index in [1.54, 1.807) is 11.4 Å². The van der Waals surface area contributed by atoms with Crippen LogP contribution in [0.1, 0.15) is 17.7 Å². The van der Waals surface area contributed by atoms with Crippen LogP contribution in [0.25, 0.3) is 0 Å². The largest absolute Gasteiger partial charge is 0.480 e. The predicted octanol–water partition coefficient (Wildman–Crippen LogP) is 0.218. The molecule has 0 spiro atoms. The summed E-state index contributed by atoms with van der Waals surface area (Å²) < 4.78 is 4.85. The number of β-lactam (4-membered cyclic amide) rings is 1. The summed E-state index contributed by atoms with van der Waals surface area (Å²) in [4.78, 5) is 60.6. The number of ether oxygens (including phenoxy) is 1. The molecule has 3 rings (SSSR count). The van der Waals surface area contributed by atoms with Crippen molar-refractivity contribution in [3.8, 4) is 0 Å². The maximum Gasteiger partial charge on any atom is 0.352 e. The molecule has 2 aliphatic heterocycles. The van der Waals surface area contributed by atoms with E-state index in [-0.39, 0.29) is 23.6 Å². The lowest BCUT2D eigenvalue weighted by Gasteiger charge is -2.49. The fourth-order valence-corrected chi connectivity index (χ4v) is 5.18. The van der Waals surface area contributed by atoms with Crippen molar-refractivity contribution in [2.75, 3.05) is 12.4 Å². The molecule has 2 aliphatic rings. The van der Waals surface area contributed by atoms with Crippen molar-refractivity contribution in [3.05, 3.63) is 33.7 Å². The molecule has 3 atom stereocenters. The van der Waals surface area contributed by atoms with Gasteiger partial charge < -0.3 is 20.3 Å². The smallest absolute Gasteiger partial charge is 0.352 e. The zero-order valence-electron chi connectivity index (χ0n) is 15.0. The second-order valence-corrected chi connectivity index (χ2v) is 8.30. The molecule has 10 nitrogen and oxygen atoms in total. The summed E-state index contributed by atoms with van der Waals surface area (Å²) in [5.74, 6) is -6.06. The average Bonchev–Trinajstić information content (AvgIpc) is 3.17. The van der Waals surface area contributed by atoms with E-state index in [1.807, 2.05) is 0 Å². The van der Waals surface area contributed by atoms with Gasteiger partial charge in [0, 0.05) is 23.1 Å². The van der Waals surface area contributed by atoms with Gasteiger partial charge in [0.25, 0.3) is 5.91 Å². The van der Waals surface area contributed by atoms with Crippen molar-refractivity contribution in [3.63, 3.8) is 0 Å². The zero-order valence-corrected chi connectivity index (χ0v) is 16.6. The number of esters is 1. The van der Waals surface area contributed by atoms with Crippen LogP contribution >= 0.6 is 23.1 Å². The van der Waals surface area contributed by atoms with Gasteiger partial charge in [0.15, 0.2) is 5.92 Å². The van der Waals surface area contributed by atoms with E-state index in [0.717, 1.165) is 16.2 Å². The van der Waals surface area contributed by atoms with Crippen LogP contribution in [0.5, 0.6) is 0 Å². The van der Waals surface area contributed by atoms with Crippen molar-refractivity contribution in [2.45, 2.75) is 24.3 Å². The van der Waals surface area contributed by atoms with Crippen LogP contribution in [0.2, 0.25) is 0 Å². The van der Waals surface area contributed by atoms with Crippen LogP contribution in [-0.2, 0) is 28.7 Å². The number of amides is 2. The summed E-state index contributed by atoms with van der Waals surface area (Å²) >= 11 is 2.31. The minimum Gasteiger partial charge on any atom is -0.480 e. The zero-order chi connectivity index (χ0) is 21.3. The quantitative estimate of drug-likeness (QED) is 0.307. The van der Waals surface area contributed by atoms with E-state index < -0.39 is 47.1 Å². The van der Waals surface area contributed by atoms with Crippen molar-refractivity contribution < 1.29 is 38.9 Å². The first-order valence-corrected chi connectivity index (χ1v) is 10.2. The molecule has 154 valence electrons. The first-order chi connectivity index (χ1) is 13.7. The molecule has 3 N–H and O–H groups in total. The lowest BCUT2D eigenvalue weighted by atomic mass is 10.0. The van der Waals surface area contributed by atoms with E-state index >= 15 is 0 Å². The highest BCUT2D eigenvalue weighted by molar-refractivity contribution is 8.00. The number of aliphatic carboxylic acids is 2. The minimum absolute atomic E-state index is 0.184. The van der Waals surface area contributed by atoms with Gasteiger partial charge in [-0.2, -0.15) is 0 Å². The number of hydrogen-bond acceptors (Lipinski definition) is 8. The van der Waals surface area contributed by atoms with Crippen molar-refractivity contribution in [1.82, 2.24) is 10.2 Å². The number of carbonyl (C=O) groups is 5. The Hall–Kier alpha value is -2.86. The van der Waals surface area contributed by atoms with Crippen LogP contribution < -0.4 is 5.32 Å². The Balaban J connectivity index is 1.77. The van der Waals surface area contributed by atoms with Crippen molar-refractivity contribution in [2.24, 2.45) is 0 Å². The third-order valence-corrected chi connectivity index (χ3v) is 6.61. The summed E-state index contributed by atoms with van der Waals surface area (Å²) in [6.07, 6.45) is 0. The normalized spacial score (nSPS) is 21.7. The molecule has 0 aromatic carbocycles. The van der Waals surface area contributed by atoms with Gasteiger partial charge in [-0.15, -0.1) is 23.1 Å². The van der Waals surface area contributed by atoms with Gasteiger partial charge >= 0.3 is 17.9 Å². The number of carboxylic acid groups (broad SMARTS) is 2.